The molecule has 7 unspecified atom stereocenters. The van der Waals surface area contributed by atoms with E-state index in [-0.39, 0.29) is 43.7 Å². The van der Waals surface area contributed by atoms with Gasteiger partial charge in [-0.1, -0.05) is 74.9 Å². The van der Waals surface area contributed by atoms with Gasteiger partial charge in [0.2, 0.25) is 0 Å². The smallest absolute Gasteiger partial charge is 0.407 e. The zero-order chi connectivity index (χ0) is 38.0. The minimum atomic E-state index is -1.14. The van der Waals surface area contributed by atoms with Crippen molar-refractivity contribution in [1.82, 2.24) is 26.1 Å². The Morgan fingerprint density at radius 1 is 1.11 bits per heavy atom. The van der Waals surface area contributed by atoms with Crippen LogP contribution >= 0.6 is 0 Å². The molecule has 1 aromatic heterocycles. The topological polar surface area (TPSA) is 187 Å². The molecule has 3 amide bonds. The molecule has 3 heterocycles. The summed E-state index contributed by atoms with van der Waals surface area (Å²) in [6.45, 7) is 7.15. The van der Waals surface area contributed by atoms with Gasteiger partial charge >= 0.3 is 12.2 Å². The van der Waals surface area contributed by atoms with Crippen molar-refractivity contribution < 1.29 is 38.4 Å². The van der Waals surface area contributed by atoms with Crippen molar-refractivity contribution in [2.24, 2.45) is 23.0 Å². The number of ether oxygens (including phenoxy) is 4. The SMILES string of the molecule is COC(=O)NCCC1C=CC(CC(NC(=O)OC2COC3OCCC23)C(O)CN(Cc2ccc(-c3ccccn3)cc2)NC(=O)C(N)C(C)(C)C)=CC1. The Balaban J connectivity index is 1.30. The third kappa shape index (κ3) is 11.6. The van der Waals surface area contributed by atoms with Gasteiger partial charge in [0, 0.05) is 31.4 Å². The van der Waals surface area contributed by atoms with Gasteiger partial charge in [0.05, 0.1) is 50.1 Å². The van der Waals surface area contributed by atoms with E-state index in [1.165, 1.54) is 7.11 Å². The quantitative estimate of drug-likeness (QED) is 0.168. The van der Waals surface area contributed by atoms with Crippen molar-refractivity contribution in [2.45, 2.75) is 83.6 Å². The van der Waals surface area contributed by atoms with Crippen molar-refractivity contribution in [3.63, 3.8) is 0 Å². The summed E-state index contributed by atoms with van der Waals surface area (Å²) in [5.41, 5.74) is 12.4. The molecule has 7 atom stereocenters. The highest BCUT2D eigenvalue weighted by atomic mass is 16.7. The lowest BCUT2D eigenvalue weighted by Crippen LogP contribution is -2.57. The molecule has 2 aliphatic heterocycles. The normalized spacial score (nSPS) is 22.7. The van der Waals surface area contributed by atoms with Crippen LogP contribution in [0.25, 0.3) is 11.3 Å². The summed E-state index contributed by atoms with van der Waals surface area (Å²) in [6.07, 6.45) is 7.25. The molecule has 1 aromatic carbocycles. The number of aromatic nitrogens is 1. The van der Waals surface area contributed by atoms with Gasteiger partial charge in [0.15, 0.2) is 6.29 Å². The molecule has 2 aromatic rings. The Hall–Kier alpha value is -4.34. The Morgan fingerprint density at radius 3 is 2.58 bits per heavy atom. The number of carbonyl (C=O) groups excluding carboxylic acids is 3. The first kappa shape index (κ1) is 39.9. The second-order valence-corrected chi connectivity index (χ2v) is 14.9. The van der Waals surface area contributed by atoms with Crippen molar-refractivity contribution in [3.05, 3.63) is 78.0 Å². The summed E-state index contributed by atoms with van der Waals surface area (Å²) >= 11 is 0. The van der Waals surface area contributed by atoms with E-state index in [9.17, 15) is 19.5 Å². The van der Waals surface area contributed by atoms with Crippen LogP contribution in [0.4, 0.5) is 9.59 Å². The fourth-order valence-electron chi connectivity index (χ4n) is 6.57. The van der Waals surface area contributed by atoms with Gasteiger partial charge in [0.25, 0.3) is 5.91 Å². The number of allylic oxidation sites excluding steroid dienone is 3. The highest BCUT2D eigenvalue weighted by Crippen LogP contribution is 2.33. The van der Waals surface area contributed by atoms with Gasteiger partial charge in [-0.15, -0.1) is 0 Å². The zero-order valence-electron chi connectivity index (χ0n) is 31.0. The number of carbonyl (C=O) groups is 3. The van der Waals surface area contributed by atoms with E-state index in [1.54, 1.807) is 11.2 Å². The standard InChI is InChI=1S/C39H54N6O8/c1-39(2,3)34(40)35(47)44-45(22-27-12-14-28(15-13-27)30-7-5-6-18-41-30)23-32(46)31(43-38(49)53-33-24-52-36-29(33)17-20-51-36)21-26-10-8-25(9-11-26)16-19-42-37(48)50-4/h5-8,10-15,18,25,29,31-34,36,46H,9,16-17,19-24,40H2,1-4H3,(H,42,48)(H,43,49)(H,44,47). The maximum absolute atomic E-state index is 13.4. The van der Waals surface area contributed by atoms with Crippen LogP contribution in [-0.2, 0) is 30.3 Å². The van der Waals surface area contributed by atoms with E-state index in [4.69, 9.17) is 19.9 Å². The molecule has 2 saturated heterocycles. The van der Waals surface area contributed by atoms with Gasteiger partial charge < -0.3 is 40.4 Å². The molecule has 2 fully saturated rings. The van der Waals surface area contributed by atoms with Crippen LogP contribution in [-0.4, -0.2) is 97.2 Å². The van der Waals surface area contributed by atoms with E-state index in [2.05, 4.69) is 37.9 Å². The largest absolute Gasteiger partial charge is 0.453 e. The predicted octanol–water partition coefficient (Wildman–Crippen LogP) is 3.81. The van der Waals surface area contributed by atoms with E-state index in [1.807, 2.05) is 69.3 Å². The first-order valence-electron chi connectivity index (χ1n) is 18.3. The number of hydrogen-bond acceptors (Lipinski definition) is 11. The maximum Gasteiger partial charge on any atom is 0.407 e. The Kier molecular flexibility index (Phi) is 14.0. The molecular formula is C39H54N6O8. The molecule has 14 heteroatoms. The van der Waals surface area contributed by atoms with Crippen molar-refractivity contribution in [3.8, 4) is 11.3 Å². The molecule has 0 saturated carbocycles. The second kappa shape index (κ2) is 18.6. The molecule has 6 N–H and O–H groups in total. The summed E-state index contributed by atoms with van der Waals surface area (Å²) in [7, 11) is 1.33. The van der Waals surface area contributed by atoms with Crippen molar-refractivity contribution in [1.29, 1.82) is 0 Å². The number of nitrogens with zero attached hydrogens (tertiary/aromatic N) is 2. The lowest BCUT2D eigenvalue weighted by atomic mass is 9.87. The van der Waals surface area contributed by atoms with Gasteiger partial charge in [0.1, 0.15) is 6.10 Å². The van der Waals surface area contributed by atoms with Gasteiger partial charge in [-0.05, 0) is 54.7 Å². The number of alkyl carbamates (subject to hydrolysis) is 2. The van der Waals surface area contributed by atoms with E-state index in [0.717, 1.165) is 41.7 Å². The van der Waals surface area contributed by atoms with Gasteiger partial charge in [-0.2, -0.15) is 0 Å². The average molecular weight is 735 g/mol. The Labute approximate surface area is 311 Å². The molecular weight excluding hydrogens is 680 g/mol. The van der Waals surface area contributed by atoms with Crippen LogP contribution in [0.15, 0.2) is 72.5 Å². The van der Waals surface area contributed by atoms with Crippen LogP contribution in [0.5, 0.6) is 0 Å². The number of fused-ring (bicyclic) bond motifs is 1. The van der Waals surface area contributed by atoms with Gasteiger partial charge in [-0.25, -0.2) is 14.6 Å². The Morgan fingerprint density at radius 2 is 1.91 bits per heavy atom. The summed E-state index contributed by atoms with van der Waals surface area (Å²) in [5, 5.41) is 19.1. The number of hydrogen-bond donors (Lipinski definition) is 5. The maximum atomic E-state index is 13.4. The van der Waals surface area contributed by atoms with Crippen LogP contribution in [0.3, 0.4) is 0 Å². The Bertz CT molecular complexity index is 1580. The number of nitrogens with one attached hydrogen (secondary N) is 3. The van der Waals surface area contributed by atoms with Gasteiger partial charge in [-0.3, -0.25) is 15.2 Å². The third-order valence-electron chi connectivity index (χ3n) is 9.88. The summed E-state index contributed by atoms with van der Waals surface area (Å²) < 4.78 is 21.7. The molecule has 0 bridgehead atoms. The number of amides is 3. The number of aliphatic hydroxyl groups excluding tert-OH is 1. The summed E-state index contributed by atoms with van der Waals surface area (Å²) in [6, 6.07) is 11.9. The van der Waals surface area contributed by atoms with Crippen molar-refractivity contribution in [2.75, 3.05) is 33.4 Å². The number of pyridine rings is 1. The number of nitrogens with two attached hydrogens (primary N) is 1. The number of benzene rings is 1. The van der Waals surface area contributed by atoms with Crippen LogP contribution < -0.4 is 21.8 Å². The number of aliphatic hydroxyl groups is 1. The average Bonchev–Trinajstić information content (AvgIpc) is 3.77. The van der Waals surface area contributed by atoms with Crippen molar-refractivity contribution >= 4 is 18.1 Å². The molecule has 0 radical (unpaired) electrons. The highest BCUT2D eigenvalue weighted by molar-refractivity contribution is 5.81. The second-order valence-electron chi connectivity index (χ2n) is 14.9. The van der Waals surface area contributed by atoms with Crippen LogP contribution in [0.1, 0.15) is 52.0 Å². The fourth-order valence-corrected chi connectivity index (χ4v) is 6.57. The van der Waals surface area contributed by atoms with Crippen LogP contribution in [0.2, 0.25) is 0 Å². The summed E-state index contributed by atoms with van der Waals surface area (Å²) in [4.78, 5) is 42.6. The molecule has 53 heavy (non-hydrogen) atoms. The van der Waals surface area contributed by atoms with E-state index >= 15 is 0 Å². The molecule has 3 aliphatic rings. The molecule has 5 rings (SSSR count). The molecule has 288 valence electrons. The molecule has 14 nitrogen and oxygen atoms in total. The minimum Gasteiger partial charge on any atom is -0.453 e. The predicted molar refractivity (Wildman–Crippen MR) is 198 cm³/mol. The number of methoxy groups -OCH3 is 1. The first-order chi connectivity index (χ1) is 25.4. The van der Waals surface area contributed by atoms with Crippen LogP contribution in [0, 0.1) is 17.3 Å². The monoisotopic (exact) mass is 734 g/mol. The number of rotatable bonds is 15. The van der Waals surface area contributed by atoms with E-state index in [0.29, 0.717) is 19.6 Å². The fraction of sp³-hybridized carbons (Fsp3) is 0.538. The first-order valence-corrected chi connectivity index (χ1v) is 18.3. The third-order valence-corrected chi connectivity index (χ3v) is 9.88. The highest BCUT2D eigenvalue weighted by Gasteiger charge is 2.44. The lowest BCUT2D eigenvalue weighted by Gasteiger charge is -2.33. The zero-order valence-corrected chi connectivity index (χ0v) is 31.0. The molecule has 1 aliphatic carbocycles. The lowest BCUT2D eigenvalue weighted by molar-refractivity contribution is -0.130. The number of hydrazine groups is 1. The molecule has 0 spiro atoms. The van der Waals surface area contributed by atoms with E-state index < -0.39 is 41.9 Å². The summed E-state index contributed by atoms with van der Waals surface area (Å²) in [5.74, 6) is -0.220. The minimum absolute atomic E-state index is 0.0283.